The van der Waals surface area contributed by atoms with Crippen molar-refractivity contribution in [3.63, 3.8) is 0 Å². The van der Waals surface area contributed by atoms with Crippen LogP contribution in [0.5, 0.6) is 0 Å². The van der Waals surface area contributed by atoms with Gasteiger partial charge < -0.3 is 10.2 Å². The summed E-state index contributed by atoms with van der Waals surface area (Å²) in [5, 5.41) is 2.60. The van der Waals surface area contributed by atoms with E-state index in [9.17, 15) is 9.18 Å². The molecular weight excluding hydrogens is 219 g/mol. The van der Waals surface area contributed by atoms with E-state index in [4.69, 9.17) is 0 Å². The number of halogens is 1. The lowest BCUT2D eigenvalue weighted by Crippen LogP contribution is -2.37. The van der Waals surface area contributed by atoms with Gasteiger partial charge in [-0.3, -0.25) is 0 Å². The summed E-state index contributed by atoms with van der Waals surface area (Å²) in [5.41, 5.74) is 0.451. The van der Waals surface area contributed by atoms with E-state index in [1.54, 1.807) is 23.1 Å². The van der Waals surface area contributed by atoms with Crippen LogP contribution in [0, 0.1) is 5.82 Å². The number of nitrogens with one attached hydrogen (secondary N) is 1. The molecule has 0 aliphatic rings. The molecule has 1 N–H and O–H groups in total. The minimum atomic E-state index is -0.305. The van der Waals surface area contributed by atoms with Gasteiger partial charge in [-0.25, -0.2) is 9.18 Å². The molecule has 92 valence electrons. The molecule has 1 aromatic rings. The molecule has 0 heterocycles. The second kappa shape index (κ2) is 6.68. The molecule has 17 heavy (non-hydrogen) atoms. The Balaban J connectivity index is 2.56. The molecule has 0 radical (unpaired) electrons. The van der Waals surface area contributed by atoms with Gasteiger partial charge in [-0.05, 0) is 26.0 Å². The van der Waals surface area contributed by atoms with Gasteiger partial charge in [0.25, 0.3) is 0 Å². The summed E-state index contributed by atoms with van der Waals surface area (Å²) in [6, 6.07) is 6.22. The van der Waals surface area contributed by atoms with Gasteiger partial charge in [0.15, 0.2) is 0 Å². The lowest BCUT2D eigenvalue weighted by atomic mass is 10.2. The largest absolute Gasteiger partial charge is 0.325 e. The summed E-state index contributed by atoms with van der Waals surface area (Å²) in [6.07, 6.45) is 3.00. The number of hydrogen-bond donors (Lipinski definition) is 1. The number of carbonyl (C=O) groups excluding carboxylic acids is 1. The molecule has 3 nitrogen and oxygen atoms in total. The van der Waals surface area contributed by atoms with E-state index in [1.165, 1.54) is 18.3 Å². The van der Waals surface area contributed by atoms with Crippen LogP contribution >= 0.6 is 0 Å². The fraction of sp³-hybridized carbons (Fsp3) is 0.308. The van der Waals surface area contributed by atoms with E-state index < -0.39 is 0 Å². The molecule has 0 saturated heterocycles. The summed E-state index contributed by atoms with van der Waals surface area (Å²) in [4.78, 5) is 13.2. The van der Waals surface area contributed by atoms with Crippen molar-refractivity contribution in [2.45, 2.75) is 13.8 Å². The third-order valence-electron chi connectivity index (χ3n) is 2.43. The van der Waals surface area contributed by atoms with Crippen molar-refractivity contribution in [2.75, 3.05) is 13.1 Å². The van der Waals surface area contributed by atoms with E-state index in [-0.39, 0.29) is 11.8 Å². The first-order valence-corrected chi connectivity index (χ1v) is 5.65. The molecule has 0 spiro atoms. The summed E-state index contributed by atoms with van der Waals surface area (Å²) in [6.45, 7) is 5.11. The van der Waals surface area contributed by atoms with E-state index in [1.807, 2.05) is 13.8 Å². The third kappa shape index (κ3) is 3.90. The first kappa shape index (κ1) is 13.2. The maximum Gasteiger partial charge on any atom is 0.321 e. The standard InChI is InChI=1S/C13H17FN2O/c1-3-16(4-2)13(17)15-10-9-11-7-5-6-8-12(11)14/h5-10H,3-4H2,1-2H3,(H,15,17)/b10-9+. The van der Waals surface area contributed by atoms with Gasteiger partial charge >= 0.3 is 6.03 Å². The number of amides is 2. The molecule has 0 aliphatic carbocycles. The average Bonchev–Trinajstić information content (AvgIpc) is 2.33. The Morgan fingerprint density at radius 1 is 1.35 bits per heavy atom. The van der Waals surface area contributed by atoms with Crippen molar-refractivity contribution < 1.29 is 9.18 Å². The Hall–Kier alpha value is -1.84. The molecular formula is C13H17FN2O. The van der Waals surface area contributed by atoms with Crippen LogP contribution < -0.4 is 5.32 Å². The number of hydrogen-bond acceptors (Lipinski definition) is 1. The first-order chi connectivity index (χ1) is 8.19. The first-order valence-electron chi connectivity index (χ1n) is 5.65. The van der Waals surface area contributed by atoms with Gasteiger partial charge in [0, 0.05) is 24.9 Å². The lowest BCUT2D eigenvalue weighted by molar-refractivity contribution is 0.207. The van der Waals surface area contributed by atoms with Crippen LogP contribution in [0.25, 0.3) is 6.08 Å². The number of urea groups is 1. The predicted octanol–water partition coefficient (Wildman–Crippen LogP) is 2.85. The van der Waals surface area contributed by atoms with Gasteiger partial charge in [-0.1, -0.05) is 18.2 Å². The van der Waals surface area contributed by atoms with Crippen molar-refractivity contribution in [3.8, 4) is 0 Å². The quantitative estimate of drug-likeness (QED) is 0.856. The molecule has 0 aliphatic heterocycles. The summed E-state index contributed by atoms with van der Waals surface area (Å²) in [5.74, 6) is -0.305. The van der Waals surface area contributed by atoms with Gasteiger partial charge in [-0.2, -0.15) is 0 Å². The number of nitrogens with zero attached hydrogens (tertiary/aromatic N) is 1. The highest BCUT2D eigenvalue weighted by Crippen LogP contribution is 2.07. The predicted molar refractivity (Wildman–Crippen MR) is 66.9 cm³/mol. The smallest absolute Gasteiger partial charge is 0.321 e. The molecule has 4 heteroatoms. The van der Waals surface area contributed by atoms with E-state index in [0.29, 0.717) is 18.7 Å². The monoisotopic (exact) mass is 236 g/mol. The van der Waals surface area contributed by atoms with Crippen molar-refractivity contribution >= 4 is 12.1 Å². The highest BCUT2D eigenvalue weighted by atomic mass is 19.1. The van der Waals surface area contributed by atoms with Crippen LogP contribution in [-0.4, -0.2) is 24.0 Å². The fourth-order valence-corrected chi connectivity index (χ4v) is 1.42. The van der Waals surface area contributed by atoms with Crippen LogP contribution in [0.4, 0.5) is 9.18 Å². The Morgan fingerprint density at radius 2 is 2.00 bits per heavy atom. The Kier molecular flexibility index (Phi) is 5.20. The third-order valence-corrected chi connectivity index (χ3v) is 2.43. The summed E-state index contributed by atoms with van der Waals surface area (Å²) < 4.78 is 13.2. The molecule has 0 unspecified atom stereocenters. The topological polar surface area (TPSA) is 32.3 Å². The SMILES string of the molecule is CCN(CC)C(=O)N/C=C/c1ccccc1F. The molecule has 1 rings (SSSR count). The van der Waals surface area contributed by atoms with Crippen LogP contribution in [0.1, 0.15) is 19.4 Å². The van der Waals surface area contributed by atoms with Gasteiger partial charge in [0.05, 0.1) is 0 Å². The van der Waals surface area contributed by atoms with Gasteiger partial charge in [0.2, 0.25) is 0 Å². The molecule has 2 amide bonds. The number of carbonyl (C=O) groups is 1. The fourth-order valence-electron chi connectivity index (χ4n) is 1.42. The van der Waals surface area contributed by atoms with E-state index in [0.717, 1.165) is 0 Å². The summed E-state index contributed by atoms with van der Waals surface area (Å²) >= 11 is 0. The van der Waals surface area contributed by atoms with Crippen LogP contribution in [0.3, 0.4) is 0 Å². The summed E-state index contributed by atoms with van der Waals surface area (Å²) in [7, 11) is 0. The van der Waals surface area contributed by atoms with Crippen molar-refractivity contribution in [2.24, 2.45) is 0 Å². The van der Waals surface area contributed by atoms with E-state index in [2.05, 4.69) is 5.32 Å². The molecule has 0 atom stereocenters. The lowest BCUT2D eigenvalue weighted by Gasteiger charge is -2.17. The van der Waals surface area contributed by atoms with Crippen molar-refractivity contribution in [1.82, 2.24) is 10.2 Å². The van der Waals surface area contributed by atoms with Crippen LogP contribution in [0.2, 0.25) is 0 Å². The Bertz CT molecular complexity index is 400. The minimum absolute atomic E-state index is 0.178. The van der Waals surface area contributed by atoms with Crippen LogP contribution in [-0.2, 0) is 0 Å². The maximum absolute atomic E-state index is 13.2. The molecule has 0 bridgehead atoms. The van der Waals surface area contributed by atoms with Crippen molar-refractivity contribution in [3.05, 3.63) is 41.8 Å². The highest BCUT2D eigenvalue weighted by Gasteiger charge is 2.05. The zero-order valence-electron chi connectivity index (χ0n) is 10.1. The zero-order chi connectivity index (χ0) is 12.7. The number of rotatable bonds is 4. The normalized spacial score (nSPS) is 10.5. The van der Waals surface area contributed by atoms with Crippen LogP contribution in [0.15, 0.2) is 30.5 Å². The van der Waals surface area contributed by atoms with Crippen molar-refractivity contribution in [1.29, 1.82) is 0 Å². The van der Waals surface area contributed by atoms with Gasteiger partial charge in [-0.15, -0.1) is 0 Å². The molecule has 0 saturated carbocycles. The minimum Gasteiger partial charge on any atom is -0.325 e. The highest BCUT2D eigenvalue weighted by molar-refractivity contribution is 5.76. The zero-order valence-corrected chi connectivity index (χ0v) is 10.1. The maximum atomic E-state index is 13.2. The van der Waals surface area contributed by atoms with Gasteiger partial charge in [0.1, 0.15) is 5.82 Å². The second-order valence-corrected chi connectivity index (χ2v) is 3.48. The number of benzene rings is 1. The Labute approximate surface area is 101 Å². The van der Waals surface area contributed by atoms with E-state index >= 15 is 0 Å². The Morgan fingerprint density at radius 3 is 2.59 bits per heavy atom. The molecule has 0 fully saturated rings. The molecule has 1 aromatic carbocycles. The second-order valence-electron chi connectivity index (χ2n) is 3.48. The average molecular weight is 236 g/mol. The molecule has 0 aromatic heterocycles.